The molecule has 4 nitrogen and oxygen atoms in total. The summed E-state index contributed by atoms with van der Waals surface area (Å²) in [7, 11) is 0. The topological polar surface area (TPSA) is 64.3 Å². The first kappa shape index (κ1) is 17.4. The van der Waals surface area contributed by atoms with Gasteiger partial charge in [-0.25, -0.2) is 4.39 Å². The SMILES string of the molecule is CC(C)CCNC(=O)C(C)Oc1ccc(F)cc1[C@@H](C)N. The van der Waals surface area contributed by atoms with Gasteiger partial charge in [0.05, 0.1) is 0 Å². The highest BCUT2D eigenvalue weighted by Crippen LogP contribution is 2.25. The molecule has 0 saturated heterocycles. The van der Waals surface area contributed by atoms with Crippen molar-refractivity contribution in [1.82, 2.24) is 5.32 Å². The Kier molecular flexibility index (Phi) is 6.62. The number of nitrogens with two attached hydrogens (primary N) is 1. The Hall–Kier alpha value is -1.62. The molecule has 1 aromatic carbocycles. The Balaban J connectivity index is 2.65. The highest BCUT2D eigenvalue weighted by molar-refractivity contribution is 5.80. The van der Waals surface area contributed by atoms with Gasteiger partial charge in [0.1, 0.15) is 11.6 Å². The Morgan fingerprint density at radius 1 is 1.33 bits per heavy atom. The van der Waals surface area contributed by atoms with Crippen LogP contribution in [0.1, 0.15) is 45.7 Å². The van der Waals surface area contributed by atoms with E-state index in [-0.39, 0.29) is 17.8 Å². The summed E-state index contributed by atoms with van der Waals surface area (Å²) >= 11 is 0. The van der Waals surface area contributed by atoms with Crippen LogP contribution in [-0.4, -0.2) is 18.6 Å². The van der Waals surface area contributed by atoms with Crippen molar-refractivity contribution in [2.24, 2.45) is 11.7 Å². The van der Waals surface area contributed by atoms with Crippen LogP contribution in [0.4, 0.5) is 4.39 Å². The first-order chi connectivity index (χ1) is 9.81. The Morgan fingerprint density at radius 3 is 2.57 bits per heavy atom. The zero-order valence-corrected chi connectivity index (χ0v) is 13.2. The maximum atomic E-state index is 13.3. The normalized spacial score (nSPS) is 13.9. The van der Waals surface area contributed by atoms with Crippen LogP contribution in [0.3, 0.4) is 0 Å². The highest BCUT2D eigenvalue weighted by atomic mass is 19.1. The lowest BCUT2D eigenvalue weighted by Gasteiger charge is -2.19. The molecule has 2 atom stereocenters. The van der Waals surface area contributed by atoms with E-state index in [0.29, 0.717) is 23.8 Å². The molecule has 1 aromatic rings. The number of ether oxygens (including phenoxy) is 1. The molecular formula is C16H25FN2O2. The van der Waals surface area contributed by atoms with E-state index in [1.807, 2.05) is 0 Å². The fraction of sp³-hybridized carbons (Fsp3) is 0.562. The van der Waals surface area contributed by atoms with Gasteiger partial charge < -0.3 is 15.8 Å². The number of rotatable bonds is 7. The van der Waals surface area contributed by atoms with Crippen molar-refractivity contribution in [3.63, 3.8) is 0 Å². The monoisotopic (exact) mass is 296 g/mol. The third-order valence-electron chi connectivity index (χ3n) is 3.16. The summed E-state index contributed by atoms with van der Waals surface area (Å²) in [6, 6.07) is 3.77. The Labute approximate surface area is 125 Å². The molecule has 0 spiro atoms. The molecule has 0 aliphatic rings. The van der Waals surface area contributed by atoms with Crippen molar-refractivity contribution < 1.29 is 13.9 Å². The van der Waals surface area contributed by atoms with Crippen molar-refractivity contribution in [2.75, 3.05) is 6.54 Å². The maximum absolute atomic E-state index is 13.3. The molecule has 0 fully saturated rings. The average Bonchev–Trinajstić information content (AvgIpc) is 2.39. The zero-order valence-electron chi connectivity index (χ0n) is 13.2. The number of carbonyl (C=O) groups is 1. The van der Waals surface area contributed by atoms with Crippen LogP contribution in [0.25, 0.3) is 0 Å². The fourth-order valence-corrected chi connectivity index (χ4v) is 1.85. The van der Waals surface area contributed by atoms with Crippen molar-refractivity contribution in [3.8, 4) is 5.75 Å². The first-order valence-corrected chi connectivity index (χ1v) is 7.30. The van der Waals surface area contributed by atoms with Gasteiger partial charge in [0.25, 0.3) is 5.91 Å². The second-order valence-electron chi connectivity index (χ2n) is 5.70. The van der Waals surface area contributed by atoms with Crippen LogP contribution in [0.2, 0.25) is 0 Å². The number of nitrogens with one attached hydrogen (secondary N) is 1. The van der Waals surface area contributed by atoms with E-state index in [0.717, 1.165) is 6.42 Å². The van der Waals surface area contributed by atoms with Gasteiger partial charge in [0.2, 0.25) is 0 Å². The van der Waals surface area contributed by atoms with Crippen molar-refractivity contribution in [3.05, 3.63) is 29.6 Å². The van der Waals surface area contributed by atoms with Crippen LogP contribution < -0.4 is 15.8 Å². The summed E-state index contributed by atoms with van der Waals surface area (Å²) in [6.07, 6.45) is 0.264. The lowest BCUT2D eigenvalue weighted by atomic mass is 10.1. The Bertz CT molecular complexity index is 475. The molecule has 0 heterocycles. The molecule has 1 amide bonds. The molecule has 0 aliphatic heterocycles. The summed E-state index contributed by atoms with van der Waals surface area (Å²) in [6.45, 7) is 8.22. The largest absolute Gasteiger partial charge is 0.481 e. The van der Waals surface area contributed by atoms with Crippen LogP contribution in [-0.2, 0) is 4.79 Å². The van der Waals surface area contributed by atoms with Gasteiger partial charge in [-0.1, -0.05) is 13.8 Å². The molecule has 1 rings (SSSR count). The van der Waals surface area contributed by atoms with E-state index in [1.54, 1.807) is 13.8 Å². The van der Waals surface area contributed by atoms with E-state index in [2.05, 4.69) is 19.2 Å². The predicted octanol–water partition coefficient (Wildman–Crippen LogP) is 2.78. The molecule has 5 heteroatoms. The number of carbonyl (C=O) groups excluding carboxylic acids is 1. The molecule has 118 valence electrons. The molecule has 3 N–H and O–H groups in total. The van der Waals surface area contributed by atoms with E-state index >= 15 is 0 Å². The second kappa shape index (κ2) is 7.98. The minimum atomic E-state index is -0.653. The third-order valence-corrected chi connectivity index (χ3v) is 3.16. The maximum Gasteiger partial charge on any atom is 0.260 e. The number of halogens is 1. The zero-order chi connectivity index (χ0) is 16.0. The summed E-state index contributed by atoms with van der Waals surface area (Å²) in [5.74, 6) is 0.417. The summed E-state index contributed by atoms with van der Waals surface area (Å²) in [5, 5.41) is 2.82. The molecular weight excluding hydrogens is 271 g/mol. The molecule has 1 unspecified atom stereocenters. The fourth-order valence-electron chi connectivity index (χ4n) is 1.85. The van der Waals surface area contributed by atoms with Gasteiger partial charge >= 0.3 is 0 Å². The van der Waals surface area contributed by atoms with Crippen LogP contribution >= 0.6 is 0 Å². The highest BCUT2D eigenvalue weighted by Gasteiger charge is 2.17. The molecule has 0 aliphatic carbocycles. The van der Waals surface area contributed by atoms with Crippen LogP contribution in [0.5, 0.6) is 5.75 Å². The first-order valence-electron chi connectivity index (χ1n) is 7.30. The number of hydrogen-bond acceptors (Lipinski definition) is 3. The minimum absolute atomic E-state index is 0.185. The van der Waals surface area contributed by atoms with Gasteiger partial charge in [0.15, 0.2) is 6.10 Å². The van der Waals surface area contributed by atoms with E-state index in [9.17, 15) is 9.18 Å². The second-order valence-corrected chi connectivity index (χ2v) is 5.70. The van der Waals surface area contributed by atoms with Gasteiger partial charge in [-0.2, -0.15) is 0 Å². The summed E-state index contributed by atoms with van der Waals surface area (Å²) < 4.78 is 18.9. The smallest absolute Gasteiger partial charge is 0.260 e. The van der Waals surface area contributed by atoms with E-state index in [4.69, 9.17) is 10.5 Å². The van der Waals surface area contributed by atoms with E-state index in [1.165, 1.54) is 18.2 Å². The minimum Gasteiger partial charge on any atom is -0.481 e. The van der Waals surface area contributed by atoms with Crippen LogP contribution in [0.15, 0.2) is 18.2 Å². The predicted molar refractivity (Wildman–Crippen MR) is 81.6 cm³/mol. The van der Waals surface area contributed by atoms with Crippen molar-refractivity contribution in [2.45, 2.75) is 46.3 Å². The van der Waals surface area contributed by atoms with Gasteiger partial charge in [-0.15, -0.1) is 0 Å². The van der Waals surface area contributed by atoms with Gasteiger partial charge in [0, 0.05) is 18.2 Å². The standard InChI is InChI=1S/C16H25FN2O2/c1-10(2)7-8-19-16(20)12(4)21-15-6-5-13(17)9-14(15)11(3)18/h5-6,9-12H,7-8,18H2,1-4H3,(H,19,20)/t11-,12?/m1/s1. The molecule has 0 bridgehead atoms. The molecule has 0 aromatic heterocycles. The third kappa shape index (κ3) is 5.71. The number of hydrogen-bond donors (Lipinski definition) is 2. The van der Waals surface area contributed by atoms with Gasteiger partial charge in [-0.3, -0.25) is 4.79 Å². The Morgan fingerprint density at radius 2 is 2.00 bits per heavy atom. The average molecular weight is 296 g/mol. The molecule has 0 radical (unpaired) electrons. The van der Waals surface area contributed by atoms with Crippen LogP contribution in [0, 0.1) is 11.7 Å². The lowest BCUT2D eigenvalue weighted by molar-refractivity contribution is -0.127. The lowest BCUT2D eigenvalue weighted by Crippen LogP contribution is -2.37. The quantitative estimate of drug-likeness (QED) is 0.813. The summed E-state index contributed by atoms with van der Waals surface area (Å²) in [4.78, 5) is 11.9. The number of amides is 1. The van der Waals surface area contributed by atoms with Crippen molar-refractivity contribution in [1.29, 1.82) is 0 Å². The van der Waals surface area contributed by atoms with Crippen molar-refractivity contribution >= 4 is 5.91 Å². The number of benzene rings is 1. The summed E-state index contributed by atoms with van der Waals surface area (Å²) in [5.41, 5.74) is 6.35. The van der Waals surface area contributed by atoms with Gasteiger partial charge in [-0.05, 0) is 44.4 Å². The van der Waals surface area contributed by atoms with E-state index < -0.39 is 6.10 Å². The molecule has 21 heavy (non-hydrogen) atoms. The molecule has 0 saturated carbocycles.